The molecule has 10 aromatic rings. The average molecular weight is 741 g/mol. The Labute approximate surface area is 339 Å². The highest BCUT2D eigenvalue weighted by molar-refractivity contribution is 6.14. The van der Waals surface area contributed by atoms with Crippen molar-refractivity contribution in [3.05, 3.63) is 224 Å². The normalized spacial score (nSPS) is 12.3. The van der Waals surface area contributed by atoms with Gasteiger partial charge in [-0.2, -0.15) is 0 Å². The molecule has 1 aromatic heterocycles. The molecule has 0 aliphatic heterocycles. The highest BCUT2D eigenvalue weighted by atomic mass is 15.1. The summed E-state index contributed by atoms with van der Waals surface area (Å²) in [5, 5.41) is 6.38. The number of rotatable bonds is 7. The SMILES string of the molecule is C1=Cc2c(c3ccccc3n2-c2ccccc2-c2ccc(N(c3ccccc3)c3cc(-c4cc5ccccc5c5ccccc45)ccc3-c3ccccc3)cc2)CC1. The zero-order chi connectivity index (χ0) is 38.4. The van der Waals surface area contributed by atoms with E-state index in [9.17, 15) is 0 Å². The molecule has 0 saturated carbocycles. The third-order valence-electron chi connectivity index (χ3n) is 11.9. The van der Waals surface area contributed by atoms with Gasteiger partial charge in [-0.1, -0.05) is 164 Å². The zero-order valence-electron chi connectivity index (χ0n) is 32.1. The molecule has 0 bridgehead atoms. The fraction of sp³-hybridized carbons (Fsp3) is 0.0357. The van der Waals surface area contributed by atoms with Crippen molar-refractivity contribution >= 4 is 55.6 Å². The van der Waals surface area contributed by atoms with Gasteiger partial charge in [0.2, 0.25) is 0 Å². The molecule has 0 spiro atoms. The molecule has 9 aromatic carbocycles. The molecule has 11 rings (SSSR count). The molecule has 0 unspecified atom stereocenters. The molecule has 0 fully saturated rings. The van der Waals surface area contributed by atoms with Crippen LogP contribution < -0.4 is 4.90 Å². The number of hydrogen-bond donors (Lipinski definition) is 0. The van der Waals surface area contributed by atoms with E-state index in [1.54, 1.807) is 0 Å². The lowest BCUT2D eigenvalue weighted by Gasteiger charge is -2.29. The fourth-order valence-electron chi connectivity index (χ4n) is 9.19. The summed E-state index contributed by atoms with van der Waals surface area (Å²) in [6.07, 6.45) is 6.77. The number of para-hydroxylation sites is 3. The third kappa shape index (κ3) is 5.73. The van der Waals surface area contributed by atoms with Crippen molar-refractivity contribution in [2.75, 3.05) is 4.90 Å². The maximum atomic E-state index is 2.47. The minimum atomic E-state index is 1.06. The zero-order valence-corrected chi connectivity index (χ0v) is 32.1. The maximum absolute atomic E-state index is 2.47. The van der Waals surface area contributed by atoms with Gasteiger partial charge in [-0.3, -0.25) is 0 Å². The first-order valence-electron chi connectivity index (χ1n) is 20.2. The Morgan fingerprint density at radius 3 is 1.86 bits per heavy atom. The van der Waals surface area contributed by atoms with Crippen LogP contribution in [-0.4, -0.2) is 4.57 Å². The molecule has 58 heavy (non-hydrogen) atoms. The van der Waals surface area contributed by atoms with Crippen LogP contribution in [-0.2, 0) is 6.42 Å². The van der Waals surface area contributed by atoms with E-state index in [4.69, 9.17) is 0 Å². The second-order valence-corrected chi connectivity index (χ2v) is 15.2. The second-order valence-electron chi connectivity index (χ2n) is 15.2. The molecular formula is C56H40N2. The Morgan fingerprint density at radius 1 is 0.414 bits per heavy atom. The Morgan fingerprint density at radius 2 is 1.03 bits per heavy atom. The van der Waals surface area contributed by atoms with Gasteiger partial charge in [-0.25, -0.2) is 0 Å². The number of nitrogens with zero attached hydrogens (tertiary/aromatic N) is 2. The lowest BCUT2D eigenvalue weighted by atomic mass is 9.91. The minimum absolute atomic E-state index is 1.06. The summed E-state index contributed by atoms with van der Waals surface area (Å²) >= 11 is 0. The molecule has 2 heteroatoms. The summed E-state index contributed by atoms with van der Waals surface area (Å²) in [4.78, 5) is 2.42. The van der Waals surface area contributed by atoms with Crippen molar-refractivity contribution in [2.24, 2.45) is 0 Å². The van der Waals surface area contributed by atoms with E-state index in [1.807, 2.05) is 0 Å². The predicted molar refractivity (Wildman–Crippen MR) is 247 cm³/mol. The molecule has 0 N–H and O–H groups in total. The average Bonchev–Trinajstić information content (AvgIpc) is 3.64. The summed E-state index contributed by atoms with van der Waals surface area (Å²) in [6.45, 7) is 0. The van der Waals surface area contributed by atoms with E-state index in [1.165, 1.54) is 82.8 Å². The molecule has 0 radical (unpaired) electrons. The summed E-state index contributed by atoms with van der Waals surface area (Å²) in [6, 6.07) is 75.3. The topological polar surface area (TPSA) is 8.17 Å². The molecule has 1 aliphatic rings. The van der Waals surface area contributed by atoms with Crippen LogP contribution in [0.3, 0.4) is 0 Å². The number of allylic oxidation sites excluding steroid dienone is 1. The van der Waals surface area contributed by atoms with Crippen LogP contribution in [0.25, 0.3) is 77.6 Å². The van der Waals surface area contributed by atoms with Crippen molar-refractivity contribution in [1.29, 1.82) is 0 Å². The number of aryl methyl sites for hydroxylation is 1. The van der Waals surface area contributed by atoms with Gasteiger partial charge < -0.3 is 9.47 Å². The van der Waals surface area contributed by atoms with Crippen LogP contribution in [0.15, 0.2) is 212 Å². The van der Waals surface area contributed by atoms with Crippen molar-refractivity contribution in [3.8, 4) is 39.1 Å². The van der Waals surface area contributed by atoms with Gasteiger partial charge in [0, 0.05) is 33.6 Å². The van der Waals surface area contributed by atoms with Crippen LogP contribution in [0.1, 0.15) is 17.7 Å². The van der Waals surface area contributed by atoms with E-state index in [0.29, 0.717) is 0 Å². The molecule has 0 amide bonds. The van der Waals surface area contributed by atoms with E-state index >= 15 is 0 Å². The molecule has 1 heterocycles. The summed E-state index contributed by atoms with van der Waals surface area (Å²) in [7, 11) is 0. The van der Waals surface area contributed by atoms with Crippen molar-refractivity contribution < 1.29 is 0 Å². The van der Waals surface area contributed by atoms with Crippen LogP contribution >= 0.6 is 0 Å². The fourth-order valence-corrected chi connectivity index (χ4v) is 9.19. The Bertz CT molecular complexity index is 3150. The van der Waals surface area contributed by atoms with Crippen LogP contribution in [0.5, 0.6) is 0 Å². The number of fused-ring (bicyclic) bond motifs is 6. The van der Waals surface area contributed by atoms with Crippen molar-refractivity contribution in [2.45, 2.75) is 12.8 Å². The van der Waals surface area contributed by atoms with Gasteiger partial charge in [0.05, 0.1) is 16.9 Å². The van der Waals surface area contributed by atoms with Gasteiger partial charge in [0.15, 0.2) is 0 Å². The van der Waals surface area contributed by atoms with E-state index < -0.39 is 0 Å². The largest absolute Gasteiger partial charge is 0.310 e. The minimum Gasteiger partial charge on any atom is -0.310 e. The summed E-state index contributed by atoms with van der Waals surface area (Å²) < 4.78 is 2.47. The first-order valence-corrected chi connectivity index (χ1v) is 20.2. The highest BCUT2D eigenvalue weighted by Gasteiger charge is 2.22. The van der Waals surface area contributed by atoms with E-state index in [-0.39, 0.29) is 0 Å². The standard InChI is InChI=1S/C56H40N2/c1-3-17-39(18-4-1)47-36-33-42(52-37-41-19-7-8-22-45(41)48-24-9-10-25-49(48)52)38-56(47)57(43-20-5-2-6-21-43)44-34-31-40(32-35-44)46-23-11-14-28-53(46)58-54-29-15-12-26-50(54)51-27-13-16-30-55(51)58/h1-12,14-26,28-38H,13,27H2. The van der Waals surface area contributed by atoms with Crippen LogP contribution in [0, 0.1) is 0 Å². The van der Waals surface area contributed by atoms with E-state index in [0.717, 1.165) is 29.9 Å². The second kappa shape index (κ2) is 14.3. The van der Waals surface area contributed by atoms with Gasteiger partial charge in [0.25, 0.3) is 0 Å². The van der Waals surface area contributed by atoms with Gasteiger partial charge in [-0.05, 0) is 117 Å². The third-order valence-corrected chi connectivity index (χ3v) is 11.9. The van der Waals surface area contributed by atoms with Gasteiger partial charge in [-0.15, -0.1) is 0 Å². The summed E-state index contributed by atoms with van der Waals surface area (Å²) in [5.74, 6) is 0. The summed E-state index contributed by atoms with van der Waals surface area (Å²) in [5.41, 5.74) is 15.6. The molecule has 0 saturated heterocycles. The molecule has 2 nitrogen and oxygen atoms in total. The number of benzene rings is 9. The molecule has 274 valence electrons. The van der Waals surface area contributed by atoms with Gasteiger partial charge in [0.1, 0.15) is 0 Å². The lowest BCUT2D eigenvalue weighted by molar-refractivity contribution is 0.968. The van der Waals surface area contributed by atoms with Crippen molar-refractivity contribution in [1.82, 2.24) is 4.57 Å². The predicted octanol–water partition coefficient (Wildman–Crippen LogP) is 15.4. The molecular weight excluding hydrogens is 701 g/mol. The Hall–Kier alpha value is -7.42. The first kappa shape index (κ1) is 33.9. The number of hydrogen-bond acceptors (Lipinski definition) is 1. The Kier molecular flexibility index (Phi) is 8.33. The number of anilines is 3. The lowest BCUT2D eigenvalue weighted by Crippen LogP contribution is -2.11. The van der Waals surface area contributed by atoms with Crippen LogP contribution in [0.2, 0.25) is 0 Å². The molecule has 1 aliphatic carbocycles. The highest BCUT2D eigenvalue weighted by Crippen LogP contribution is 2.45. The quantitative estimate of drug-likeness (QED) is 0.148. The Balaban J connectivity index is 1.09. The monoisotopic (exact) mass is 740 g/mol. The van der Waals surface area contributed by atoms with Crippen molar-refractivity contribution in [3.63, 3.8) is 0 Å². The molecule has 0 atom stereocenters. The van der Waals surface area contributed by atoms with Crippen LogP contribution in [0.4, 0.5) is 17.1 Å². The van der Waals surface area contributed by atoms with E-state index in [2.05, 4.69) is 228 Å². The first-order chi connectivity index (χ1) is 28.8. The smallest absolute Gasteiger partial charge is 0.0546 e. The van der Waals surface area contributed by atoms with Gasteiger partial charge >= 0.3 is 0 Å². The maximum Gasteiger partial charge on any atom is 0.0546 e. The number of aromatic nitrogens is 1.